The Hall–Kier alpha value is -2.29. The van der Waals surface area contributed by atoms with Crippen molar-refractivity contribution in [2.45, 2.75) is 43.4 Å². The van der Waals surface area contributed by atoms with Gasteiger partial charge >= 0.3 is 0 Å². The lowest BCUT2D eigenvalue weighted by Crippen LogP contribution is -2.50. The summed E-state index contributed by atoms with van der Waals surface area (Å²) in [4.78, 5) is 19.5. The van der Waals surface area contributed by atoms with E-state index < -0.39 is 10.0 Å². The molecule has 0 unspecified atom stereocenters. The molecule has 0 radical (unpaired) electrons. The molecule has 0 N–H and O–H groups in total. The van der Waals surface area contributed by atoms with Gasteiger partial charge in [0.25, 0.3) is 0 Å². The molecule has 1 fully saturated rings. The van der Waals surface area contributed by atoms with Gasteiger partial charge in [0.1, 0.15) is 0 Å². The van der Waals surface area contributed by atoms with Gasteiger partial charge < -0.3 is 4.90 Å². The highest BCUT2D eigenvalue weighted by Gasteiger charge is 2.30. The molecule has 1 aliphatic heterocycles. The molecular weight excluding hydrogens is 442 g/mol. The van der Waals surface area contributed by atoms with E-state index in [9.17, 15) is 13.2 Å². The van der Waals surface area contributed by atoms with Crippen molar-refractivity contribution in [3.8, 4) is 0 Å². The lowest BCUT2D eigenvalue weighted by atomic mass is 10.1. The Morgan fingerprint density at radius 2 is 1.78 bits per heavy atom. The maximum Gasteiger partial charge on any atom is 0.243 e. The molecule has 5 rings (SSSR count). The van der Waals surface area contributed by atoms with Crippen molar-refractivity contribution in [3.05, 3.63) is 58.6 Å². The zero-order valence-corrected chi connectivity index (χ0v) is 19.6. The summed E-state index contributed by atoms with van der Waals surface area (Å²) in [6.07, 6.45) is 5.10. The molecule has 3 aromatic rings. The second-order valence-corrected chi connectivity index (χ2v) is 11.6. The number of para-hydroxylation sites is 1. The van der Waals surface area contributed by atoms with Crippen LogP contribution in [0, 0.1) is 0 Å². The van der Waals surface area contributed by atoms with E-state index >= 15 is 0 Å². The molecule has 1 amide bonds. The predicted molar refractivity (Wildman–Crippen MR) is 126 cm³/mol. The summed E-state index contributed by atoms with van der Waals surface area (Å²) in [5, 5.41) is 1.06. The maximum atomic E-state index is 13.1. The van der Waals surface area contributed by atoms with Gasteiger partial charge in [0.2, 0.25) is 15.9 Å². The van der Waals surface area contributed by atoms with Crippen LogP contribution >= 0.6 is 11.3 Å². The first-order valence-corrected chi connectivity index (χ1v) is 13.5. The minimum atomic E-state index is -3.51. The first-order valence-electron chi connectivity index (χ1n) is 11.2. The van der Waals surface area contributed by atoms with Crippen LogP contribution in [0.2, 0.25) is 0 Å². The number of sulfonamides is 1. The number of hydrogen-bond acceptors (Lipinski definition) is 5. The van der Waals surface area contributed by atoms with Crippen molar-refractivity contribution >= 4 is 37.5 Å². The first-order chi connectivity index (χ1) is 15.5. The van der Waals surface area contributed by atoms with Crippen molar-refractivity contribution in [2.24, 2.45) is 0 Å². The topological polar surface area (TPSA) is 70.6 Å². The zero-order chi connectivity index (χ0) is 22.1. The van der Waals surface area contributed by atoms with Crippen LogP contribution in [0.15, 0.2) is 47.4 Å². The molecule has 2 aliphatic rings. The number of hydrogen-bond donors (Lipinski definition) is 0. The highest BCUT2D eigenvalue weighted by Crippen LogP contribution is 2.27. The number of carbonyl (C=O) groups excluding carboxylic acids is 1. The monoisotopic (exact) mass is 469 g/mol. The van der Waals surface area contributed by atoms with E-state index in [-0.39, 0.29) is 5.91 Å². The fourth-order valence-corrected chi connectivity index (χ4v) is 7.09. The standard InChI is InChI=1S/C24H27N3O3S2/c28-24(10-4-9-23-25-21-7-1-2-8-22(21)31-23)26-13-15-27(16-14-26)32(29,30)20-12-11-18-5-3-6-19(18)17-20/h1-2,7-8,11-12,17H,3-6,9-10,13-16H2. The molecule has 168 valence electrons. The van der Waals surface area contributed by atoms with E-state index in [0.29, 0.717) is 37.5 Å². The van der Waals surface area contributed by atoms with E-state index in [4.69, 9.17) is 0 Å². The molecule has 8 heteroatoms. The average molecular weight is 470 g/mol. The van der Waals surface area contributed by atoms with Crippen LogP contribution in [0.4, 0.5) is 0 Å². The van der Waals surface area contributed by atoms with Crippen molar-refractivity contribution in [1.82, 2.24) is 14.2 Å². The number of rotatable bonds is 6. The summed E-state index contributed by atoms with van der Waals surface area (Å²) < 4.78 is 28.9. The van der Waals surface area contributed by atoms with Crippen LogP contribution < -0.4 is 0 Å². The summed E-state index contributed by atoms with van der Waals surface area (Å²) in [6, 6.07) is 13.6. The molecule has 6 nitrogen and oxygen atoms in total. The highest BCUT2D eigenvalue weighted by molar-refractivity contribution is 7.89. The molecule has 1 aromatic heterocycles. The quantitative estimate of drug-likeness (QED) is 0.553. The zero-order valence-electron chi connectivity index (χ0n) is 18.0. The molecule has 1 aliphatic carbocycles. The fraction of sp³-hybridized carbons (Fsp3) is 0.417. The molecule has 2 heterocycles. The minimum absolute atomic E-state index is 0.0979. The van der Waals surface area contributed by atoms with Gasteiger partial charge in [-0.25, -0.2) is 13.4 Å². The molecule has 0 spiro atoms. The van der Waals surface area contributed by atoms with Gasteiger partial charge in [0.15, 0.2) is 0 Å². The van der Waals surface area contributed by atoms with Crippen molar-refractivity contribution in [3.63, 3.8) is 0 Å². The number of piperazine rings is 1. The number of amides is 1. The van der Waals surface area contributed by atoms with Crippen LogP contribution in [-0.2, 0) is 34.1 Å². The second-order valence-electron chi connectivity index (χ2n) is 8.50. The van der Waals surface area contributed by atoms with Crippen LogP contribution in [0.1, 0.15) is 35.4 Å². The third-order valence-corrected chi connectivity index (χ3v) is 9.41. The van der Waals surface area contributed by atoms with Gasteiger partial charge in [-0.05, 0) is 67.5 Å². The summed E-state index contributed by atoms with van der Waals surface area (Å²) in [5.74, 6) is 0.0979. The normalized spacial score (nSPS) is 17.1. The predicted octanol–water partition coefficient (Wildman–Crippen LogP) is 3.64. The summed E-state index contributed by atoms with van der Waals surface area (Å²) in [7, 11) is -3.51. The fourth-order valence-electron chi connectivity index (χ4n) is 4.61. The van der Waals surface area contributed by atoms with E-state index in [1.807, 2.05) is 30.3 Å². The first kappa shape index (κ1) is 21.6. The minimum Gasteiger partial charge on any atom is -0.340 e. The van der Waals surface area contributed by atoms with Gasteiger partial charge in [0.05, 0.1) is 20.1 Å². The third-order valence-electron chi connectivity index (χ3n) is 6.42. The lowest BCUT2D eigenvalue weighted by molar-refractivity contribution is -0.132. The van der Waals surface area contributed by atoms with Crippen molar-refractivity contribution in [2.75, 3.05) is 26.2 Å². The van der Waals surface area contributed by atoms with E-state index in [0.717, 1.165) is 48.2 Å². The van der Waals surface area contributed by atoms with E-state index in [2.05, 4.69) is 11.1 Å². The van der Waals surface area contributed by atoms with Crippen LogP contribution in [0.25, 0.3) is 10.2 Å². The molecule has 32 heavy (non-hydrogen) atoms. The number of thiazole rings is 1. The smallest absolute Gasteiger partial charge is 0.243 e. The molecule has 0 saturated carbocycles. The highest BCUT2D eigenvalue weighted by atomic mass is 32.2. The Morgan fingerprint density at radius 3 is 2.59 bits per heavy atom. The number of aryl methyl sites for hydroxylation is 3. The molecule has 0 atom stereocenters. The summed E-state index contributed by atoms with van der Waals surface area (Å²) >= 11 is 1.68. The summed E-state index contributed by atoms with van der Waals surface area (Å²) in [5.41, 5.74) is 3.44. The SMILES string of the molecule is O=C(CCCc1nc2ccccc2s1)N1CCN(S(=O)(=O)c2ccc3c(c2)CCC3)CC1. The van der Waals surface area contributed by atoms with Crippen LogP contribution in [-0.4, -0.2) is 54.7 Å². The lowest BCUT2D eigenvalue weighted by Gasteiger charge is -2.34. The molecular formula is C24H27N3O3S2. The Labute approximate surface area is 192 Å². The van der Waals surface area contributed by atoms with Gasteiger partial charge in [0, 0.05) is 32.6 Å². The number of nitrogens with zero attached hydrogens (tertiary/aromatic N) is 3. The second kappa shape index (κ2) is 8.92. The maximum absolute atomic E-state index is 13.1. The third kappa shape index (κ3) is 4.31. The number of benzene rings is 2. The van der Waals surface area contributed by atoms with E-state index in [1.165, 1.54) is 14.6 Å². The largest absolute Gasteiger partial charge is 0.340 e. The Kier molecular flexibility index (Phi) is 6.01. The van der Waals surface area contributed by atoms with Gasteiger partial charge in [-0.1, -0.05) is 18.2 Å². The van der Waals surface area contributed by atoms with Gasteiger partial charge in [-0.2, -0.15) is 4.31 Å². The van der Waals surface area contributed by atoms with Crippen LogP contribution in [0.3, 0.4) is 0 Å². The Bertz CT molecular complexity index is 1210. The van der Waals surface area contributed by atoms with E-state index in [1.54, 1.807) is 22.3 Å². The molecule has 0 bridgehead atoms. The number of carbonyl (C=O) groups is 1. The van der Waals surface area contributed by atoms with Gasteiger partial charge in [-0.3, -0.25) is 4.79 Å². The van der Waals surface area contributed by atoms with Crippen molar-refractivity contribution < 1.29 is 13.2 Å². The molecule has 2 aromatic carbocycles. The Balaban J connectivity index is 1.13. The average Bonchev–Trinajstić information content (AvgIpc) is 3.45. The van der Waals surface area contributed by atoms with Crippen molar-refractivity contribution in [1.29, 1.82) is 0 Å². The Morgan fingerprint density at radius 1 is 1.00 bits per heavy atom. The number of fused-ring (bicyclic) bond motifs is 2. The van der Waals surface area contributed by atoms with Gasteiger partial charge in [-0.15, -0.1) is 11.3 Å². The van der Waals surface area contributed by atoms with Crippen LogP contribution in [0.5, 0.6) is 0 Å². The molecule has 1 saturated heterocycles. The summed E-state index contributed by atoms with van der Waals surface area (Å²) in [6.45, 7) is 1.60. The number of aromatic nitrogens is 1.